The molecule has 1 aliphatic heterocycles. The van der Waals surface area contributed by atoms with Gasteiger partial charge in [0.05, 0.1) is 0 Å². The lowest BCUT2D eigenvalue weighted by molar-refractivity contribution is 0.0734. The van der Waals surface area contributed by atoms with Gasteiger partial charge in [0, 0.05) is 31.7 Å². The van der Waals surface area contributed by atoms with Crippen LogP contribution < -0.4 is 5.32 Å². The molecule has 1 N–H and O–H groups in total. The summed E-state index contributed by atoms with van der Waals surface area (Å²) in [6, 6.07) is 6.11. The van der Waals surface area contributed by atoms with E-state index in [1.807, 2.05) is 24.0 Å². The summed E-state index contributed by atoms with van der Waals surface area (Å²) >= 11 is 0. The average molecular weight is 232 g/mol. The van der Waals surface area contributed by atoms with E-state index in [4.69, 9.17) is 0 Å². The predicted molar refractivity (Wildman–Crippen MR) is 69.3 cm³/mol. The molecule has 0 unspecified atom stereocenters. The van der Waals surface area contributed by atoms with E-state index in [9.17, 15) is 4.79 Å². The van der Waals surface area contributed by atoms with Gasteiger partial charge in [-0.2, -0.15) is 0 Å². The van der Waals surface area contributed by atoms with Crippen LogP contribution in [0.1, 0.15) is 28.4 Å². The maximum Gasteiger partial charge on any atom is 0.254 e. The molecule has 0 saturated carbocycles. The zero-order chi connectivity index (χ0) is 12.3. The first-order chi connectivity index (χ1) is 8.24. The molecule has 2 rings (SSSR count). The van der Waals surface area contributed by atoms with Crippen LogP contribution in [0.5, 0.6) is 0 Å². The van der Waals surface area contributed by atoms with E-state index in [1.54, 1.807) is 0 Å². The molecule has 17 heavy (non-hydrogen) atoms. The van der Waals surface area contributed by atoms with Gasteiger partial charge in [0.2, 0.25) is 0 Å². The van der Waals surface area contributed by atoms with Crippen molar-refractivity contribution in [3.8, 4) is 0 Å². The Labute approximate surface area is 103 Å². The lowest BCUT2D eigenvalue weighted by atomic mass is 9.98. The first-order valence-electron chi connectivity index (χ1n) is 6.32. The fourth-order valence-corrected chi connectivity index (χ4v) is 2.36. The largest absolute Gasteiger partial charge is 0.336 e. The molecule has 1 fully saturated rings. The molecule has 3 nitrogen and oxygen atoms in total. The highest BCUT2D eigenvalue weighted by molar-refractivity contribution is 5.97. The average Bonchev–Trinajstić information content (AvgIpc) is 2.38. The Bertz CT molecular complexity index is 409. The van der Waals surface area contributed by atoms with Crippen LogP contribution >= 0.6 is 0 Å². The molecule has 0 spiro atoms. The number of hydrogen-bond acceptors (Lipinski definition) is 2. The minimum Gasteiger partial charge on any atom is -0.336 e. The fraction of sp³-hybridized carbons (Fsp3) is 0.500. The standard InChI is InChI=1S/C14H20N2O/c1-3-12-6-4-5-11(2)13(12)14(17)16-9-7-15-8-10-16/h4-6,15H,3,7-10H2,1-2H3. The first kappa shape index (κ1) is 12.1. The van der Waals surface area contributed by atoms with E-state index in [1.165, 1.54) is 0 Å². The quantitative estimate of drug-likeness (QED) is 0.840. The highest BCUT2D eigenvalue weighted by atomic mass is 16.2. The van der Waals surface area contributed by atoms with Crippen molar-refractivity contribution >= 4 is 5.91 Å². The Kier molecular flexibility index (Phi) is 3.79. The van der Waals surface area contributed by atoms with Crippen LogP contribution in [0.25, 0.3) is 0 Å². The van der Waals surface area contributed by atoms with Crippen LogP contribution in [-0.2, 0) is 6.42 Å². The number of rotatable bonds is 2. The van der Waals surface area contributed by atoms with Crippen LogP contribution in [0.4, 0.5) is 0 Å². The second-order valence-electron chi connectivity index (χ2n) is 4.50. The van der Waals surface area contributed by atoms with Gasteiger partial charge in [-0.3, -0.25) is 4.79 Å². The maximum atomic E-state index is 12.5. The number of carbonyl (C=O) groups excluding carboxylic acids is 1. The molecule has 1 amide bonds. The molecule has 1 saturated heterocycles. The molecule has 0 bridgehead atoms. The number of carbonyl (C=O) groups is 1. The molecular formula is C14H20N2O. The summed E-state index contributed by atoms with van der Waals surface area (Å²) in [4.78, 5) is 14.5. The van der Waals surface area contributed by atoms with Gasteiger partial charge in [-0.05, 0) is 24.5 Å². The van der Waals surface area contributed by atoms with E-state index < -0.39 is 0 Å². The van der Waals surface area contributed by atoms with Crippen molar-refractivity contribution < 1.29 is 4.79 Å². The summed E-state index contributed by atoms with van der Waals surface area (Å²) in [7, 11) is 0. The first-order valence-corrected chi connectivity index (χ1v) is 6.32. The lowest BCUT2D eigenvalue weighted by Crippen LogP contribution is -2.46. The number of piperazine rings is 1. The number of benzene rings is 1. The Morgan fingerprint density at radius 2 is 2.06 bits per heavy atom. The number of amides is 1. The normalized spacial score (nSPS) is 16.0. The van der Waals surface area contributed by atoms with Crippen LogP contribution in [0.3, 0.4) is 0 Å². The third kappa shape index (κ3) is 2.50. The van der Waals surface area contributed by atoms with Gasteiger partial charge in [-0.1, -0.05) is 25.1 Å². The van der Waals surface area contributed by atoms with Gasteiger partial charge >= 0.3 is 0 Å². The second-order valence-corrected chi connectivity index (χ2v) is 4.50. The molecule has 1 aliphatic rings. The minimum atomic E-state index is 0.196. The van der Waals surface area contributed by atoms with Crippen LogP contribution in [0.15, 0.2) is 18.2 Å². The van der Waals surface area contributed by atoms with Crippen molar-refractivity contribution in [2.24, 2.45) is 0 Å². The summed E-state index contributed by atoms with van der Waals surface area (Å²) in [6.45, 7) is 7.56. The Morgan fingerprint density at radius 1 is 1.35 bits per heavy atom. The number of aryl methyl sites for hydroxylation is 2. The predicted octanol–water partition coefficient (Wildman–Crippen LogP) is 1.60. The lowest BCUT2D eigenvalue weighted by Gasteiger charge is -2.28. The van der Waals surface area contributed by atoms with Gasteiger partial charge in [0.15, 0.2) is 0 Å². The molecule has 1 aromatic carbocycles. The van der Waals surface area contributed by atoms with Crippen molar-refractivity contribution in [3.63, 3.8) is 0 Å². The smallest absolute Gasteiger partial charge is 0.254 e. The summed E-state index contributed by atoms with van der Waals surface area (Å²) in [5.41, 5.74) is 3.17. The van der Waals surface area contributed by atoms with Crippen molar-refractivity contribution in [1.82, 2.24) is 10.2 Å². The molecular weight excluding hydrogens is 212 g/mol. The Balaban J connectivity index is 2.29. The third-order valence-corrected chi connectivity index (χ3v) is 3.36. The van der Waals surface area contributed by atoms with Crippen molar-refractivity contribution in [3.05, 3.63) is 34.9 Å². The Hall–Kier alpha value is -1.35. The highest BCUT2D eigenvalue weighted by Crippen LogP contribution is 2.17. The number of nitrogens with zero attached hydrogens (tertiary/aromatic N) is 1. The molecule has 1 heterocycles. The van der Waals surface area contributed by atoms with Gasteiger partial charge in [-0.15, -0.1) is 0 Å². The van der Waals surface area contributed by atoms with Crippen LogP contribution in [0, 0.1) is 6.92 Å². The van der Waals surface area contributed by atoms with Crippen molar-refractivity contribution in [2.45, 2.75) is 20.3 Å². The van der Waals surface area contributed by atoms with Gasteiger partial charge in [-0.25, -0.2) is 0 Å². The van der Waals surface area contributed by atoms with Crippen LogP contribution in [-0.4, -0.2) is 37.0 Å². The van der Waals surface area contributed by atoms with E-state index in [0.29, 0.717) is 0 Å². The third-order valence-electron chi connectivity index (χ3n) is 3.36. The molecule has 1 aromatic rings. The monoisotopic (exact) mass is 232 g/mol. The summed E-state index contributed by atoms with van der Waals surface area (Å²) < 4.78 is 0. The van der Waals surface area contributed by atoms with E-state index in [2.05, 4.69) is 18.3 Å². The molecule has 3 heteroatoms. The van der Waals surface area contributed by atoms with E-state index in [-0.39, 0.29) is 5.91 Å². The van der Waals surface area contributed by atoms with E-state index in [0.717, 1.165) is 49.3 Å². The molecule has 92 valence electrons. The Morgan fingerprint density at radius 3 is 2.71 bits per heavy atom. The second kappa shape index (κ2) is 5.32. The van der Waals surface area contributed by atoms with Gasteiger partial charge in [0.1, 0.15) is 0 Å². The highest BCUT2D eigenvalue weighted by Gasteiger charge is 2.21. The number of nitrogens with one attached hydrogen (secondary N) is 1. The minimum absolute atomic E-state index is 0.196. The zero-order valence-electron chi connectivity index (χ0n) is 10.6. The fourth-order valence-electron chi connectivity index (χ4n) is 2.36. The summed E-state index contributed by atoms with van der Waals surface area (Å²) in [6.07, 6.45) is 0.912. The topological polar surface area (TPSA) is 32.3 Å². The SMILES string of the molecule is CCc1cccc(C)c1C(=O)N1CCNCC1. The maximum absolute atomic E-state index is 12.5. The molecule has 0 aliphatic carbocycles. The van der Waals surface area contributed by atoms with Crippen molar-refractivity contribution in [1.29, 1.82) is 0 Å². The zero-order valence-corrected chi connectivity index (χ0v) is 10.6. The summed E-state index contributed by atoms with van der Waals surface area (Å²) in [5, 5.41) is 3.27. The molecule has 0 aromatic heterocycles. The van der Waals surface area contributed by atoms with Crippen molar-refractivity contribution in [2.75, 3.05) is 26.2 Å². The number of hydrogen-bond donors (Lipinski definition) is 1. The summed E-state index contributed by atoms with van der Waals surface area (Å²) in [5.74, 6) is 0.196. The molecule has 0 radical (unpaired) electrons. The van der Waals surface area contributed by atoms with Gasteiger partial charge in [0.25, 0.3) is 5.91 Å². The van der Waals surface area contributed by atoms with Gasteiger partial charge < -0.3 is 10.2 Å². The van der Waals surface area contributed by atoms with E-state index >= 15 is 0 Å². The molecule has 0 atom stereocenters. The van der Waals surface area contributed by atoms with Crippen LogP contribution in [0.2, 0.25) is 0 Å².